The molecule has 24 heavy (non-hydrogen) atoms. The number of nitrogens with one attached hydrogen (secondary N) is 1. The number of hydrogen-bond donors (Lipinski definition) is 2. The van der Waals surface area contributed by atoms with E-state index in [4.69, 9.17) is 9.84 Å². The second-order valence-electron chi connectivity index (χ2n) is 5.95. The van der Waals surface area contributed by atoms with E-state index in [1.165, 1.54) is 22.5 Å². The quantitative estimate of drug-likeness (QED) is 0.833. The Hall–Kier alpha value is -2.13. The van der Waals surface area contributed by atoms with Crippen LogP contribution >= 0.6 is 0 Å². The van der Waals surface area contributed by atoms with Gasteiger partial charge in [0.05, 0.1) is 16.5 Å². The van der Waals surface area contributed by atoms with E-state index in [0.717, 1.165) is 0 Å². The summed E-state index contributed by atoms with van der Waals surface area (Å²) in [7, 11) is -3.83. The van der Waals surface area contributed by atoms with Crippen LogP contribution in [0.3, 0.4) is 0 Å². The Morgan fingerprint density at radius 1 is 1.42 bits per heavy atom. The van der Waals surface area contributed by atoms with Crippen molar-refractivity contribution in [2.45, 2.75) is 30.8 Å². The molecule has 9 heteroatoms. The molecule has 0 radical (unpaired) electrons. The van der Waals surface area contributed by atoms with E-state index in [0.29, 0.717) is 24.3 Å². The van der Waals surface area contributed by atoms with E-state index in [9.17, 15) is 18.0 Å². The van der Waals surface area contributed by atoms with Gasteiger partial charge in [-0.1, -0.05) is 0 Å². The van der Waals surface area contributed by atoms with Gasteiger partial charge in [0.1, 0.15) is 5.75 Å². The summed E-state index contributed by atoms with van der Waals surface area (Å²) in [6.07, 6.45) is 0.324. The van der Waals surface area contributed by atoms with Crippen LogP contribution in [-0.4, -0.2) is 48.9 Å². The Bertz CT molecular complexity index is 791. The van der Waals surface area contributed by atoms with E-state index < -0.39 is 28.0 Å². The second kappa shape index (κ2) is 6.06. The Balaban J connectivity index is 1.89. The van der Waals surface area contributed by atoms with Gasteiger partial charge in [0.15, 0.2) is 6.10 Å². The number of fused-ring (bicyclic) bond motifs is 1. The van der Waals surface area contributed by atoms with Crippen LogP contribution in [0.15, 0.2) is 23.1 Å². The predicted octanol–water partition coefficient (Wildman–Crippen LogP) is 0.891. The Kier molecular flexibility index (Phi) is 4.22. The average Bonchev–Trinajstić information content (AvgIpc) is 2.55. The minimum Gasteiger partial charge on any atom is -0.481 e. The zero-order valence-corrected chi connectivity index (χ0v) is 13.9. The molecular weight excluding hydrogens is 336 g/mol. The maximum Gasteiger partial charge on any atom is 0.307 e. The van der Waals surface area contributed by atoms with Gasteiger partial charge in [-0.2, -0.15) is 4.31 Å². The summed E-state index contributed by atoms with van der Waals surface area (Å²) in [5, 5.41) is 11.7. The fraction of sp³-hybridized carbons (Fsp3) is 0.467. The molecule has 1 aromatic carbocycles. The predicted molar refractivity (Wildman–Crippen MR) is 84.3 cm³/mol. The highest BCUT2D eigenvalue weighted by Crippen LogP contribution is 2.33. The van der Waals surface area contributed by atoms with Gasteiger partial charge < -0.3 is 15.2 Å². The highest BCUT2D eigenvalue weighted by molar-refractivity contribution is 7.89. The fourth-order valence-corrected chi connectivity index (χ4v) is 4.41. The van der Waals surface area contributed by atoms with Crippen LogP contribution in [0.2, 0.25) is 0 Å². The number of rotatable bonds is 3. The summed E-state index contributed by atoms with van der Waals surface area (Å²) in [4.78, 5) is 22.8. The Morgan fingerprint density at radius 3 is 2.88 bits per heavy atom. The highest BCUT2D eigenvalue weighted by Gasteiger charge is 2.34. The Labute approximate surface area is 139 Å². The zero-order chi connectivity index (χ0) is 17.5. The first kappa shape index (κ1) is 16.7. The minimum atomic E-state index is -3.83. The summed E-state index contributed by atoms with van der Waals surface area (Å²) in [5.41, 5.74) is 0.297. The van der Waals surface area contributed by atoms with Crippen LogP contribution in [-0.2, 0) is 19.6 Å². The van der Waals surface area contributed by atoms with Gasteiger partial charge in [0.2, 0.25) is 10.0 Å². The van der Waals surface area contributed by atoms with E-state index in [1.807, 2.05) is 0 Å². The van der Waals surface area contributed by atoms with E-state index in [2.05, 4.69) is 5.32 Å². The summed E-state index contributed by atoms with van der Waals surface area (Å²) >= 11 is 0. The molecule has 1 aromatic rings. The molecule has 0 aromatic heterocycles. The molecule has 1 fully saturated rings. The number of piperidine rings is 1. The molecule has 0 spiro atoms. The van der Waals surface area contributed by atoms with Crippen LogP contribution in [0.1, 0.15) is 19.8 Å². The normalized spacial score (nSPS) is 24.6. The molecule has 2 aliphatic heterocycles. The summed E-state index contributed by atoms with van der Waals surface area (Å²) in [6, 6.07) is 4.25. The summed E-state index contributed by atoms with van der Waals surface area (Å²) in [5.74, 6) is -1.63. The number of sulfonamides is 1. The number of nitrogens with zero attached hydrogens (tertiary/aromatic N) is 1. The molecule has 0 saturated carbocycles. The maximum absolute atomic E-state index is 12.8. The molecule has 1 amide bonds. The lowest BCUT2D eigenvalue weighted by Gasteiger charge is -2.30. The maximum atomic E-state index is 12.8. The first-order valence-electron chi connectivity index (χ1n) is 7.63. The van der Waals surface area contributed by atoms with Gasteiger partial charge in [-0.05, 0) is 38.0 Å². The molecule has 0 aliphatic carbocycles. The third-order valence-electron chi connectivity index (χ3n) is 4.25. The van der Waals surface area contributed by atoms with Crippen LogP contribution in [0.5, 0.6) is 5.75 Å². The molecule has 0 bridgehead atoms. The van der Waals surface area contributed by atoms with Crippen molar-refractivity contribution in [3.8, 4) is 5.75 Å². The summed E-state index contributed by atoms with van der Waals surface area (Å²) in [6.45, 7) is 1.83. The lowest BCUT2D eigenvalue weighted by molar-refractivity contribution is -0.142. The molecular formula is C15H18N2O6S. The van der Waals surface area contributed by atoms with E-state index in [1.54, 1.807) is 6.92 Å². The third-order valence-corrected chi connectivity index (χ3v) is 6.11. The molecule has 2 atom stereocenters. The second-order valence-corrected chi connectivity index (χ2v) is 7.89. The molecule has 3 rings (SSSR count). The van der Waals surface area contributed by atoms with Gasteiger partial charge >= 0.3 is 5.97 Å². The van der Waals surface area contributed by atoms with Crippen molar-refractivity contribution in [1.29, 1.82) is 0 Å². The van der Waals surface area contributed by atoms with Gasteiger partial charge in [0.25, 0.3) is 5.91 Å². The Morgan fingerprint density at radius 2 is 2.17 bits per heavy atom. The molecule has 8 nitrogen and oxygen atoms in total. The number of anilines is 1. The standard InChI is InChI=1S/C15H18N2O6S/c1-9-14(18)16-12-7-11(4-5-13(12)23-9)24(21,22)17-6-2-3-10(8-17)15(19)20/h4-5,7,9-10H,2-3,6,8H2,1H3,(H,16,18)(H,19,20)/t9-,10+/m0/s1. The van der Waals surface area contributed by atoms with Gasteiger partial charge in [-0.25, -0.2) is 8.42 Å². The van der Waals surface area contributed by atoms with Crippen molar-refractivity contribution in [2.24, 2.45) is 5.92 Å². The number of amides is 1. The van der Waals surface area contributed by atoms with Crippen molar-refractivity contribution in [3.05, 3.63) is 18.2 Å². The topological polar surface area (TPSA) is 113 Å². The average molecular weight is 354 g/mol. The molecule has 2 heterocycles. The van der Waals surface area contributed by atoms with Gasteiger partial charge in [-0.15, -0.1) is 0 Å². The van der Waals surface area contributed by atoms with Crippen molar-refractivity contribution < 1.29 is 27.9 Å². The molecule has 1 saturated heterocycles. The van der Waals surface area contributed by atoms with Crippen molar-refractivity contribution in [1.82, 2.24) is 4.31 Å². The van der Waals surface area contributed by atoms with Crippen LogP contribution < -0.4 is 10.1 Å². The minimum absolute atomic E-state index is 0.00532. The largest absolute Gasteiger partial charge is 0.481 e. The van der Waals surface area contributed by atoms with E-state index in [-0.39, 0.29) is 23.9 Å². The van der Waals surface area contributed by atoms with Crippen LogP contribution in [0, 0.1) is 5.92 Å². The number of carboxylic acids is 1. The highest BCUT2D eigenvalue weighted by atomic mass is 32.2. The molecule has 2 aliphatic rings. The van der Waals surface area contributed by atoms with Crippen LogP contribution in [0.25, 0.3) is 0 Å². The summed E-state index contributed by atoms with van der Waals surface area (Å²) < 4.78 is 32.1. The van der Waals surface area contributed by atoms with Gasteiger partial charge in [-0.3, -0.25) is 9.59 Å². The van der Waals surface area contributed by atoms with Crippen molar-refractivity contribution in [2.75, 3.05) is 18.4 Å². The molecule has 130 valence electrons. The number of ether oxygens (including phenoxy) is 1. The zero-order valence-electron chi connectivity index (χ0n) is 13.1. The number of carbonyl (C=O) groups is 2. The molecule has 2 N–H and O–H groups in total. The van der Waals surface area contributed by atoms with Crippen molar-refractivity contribution in [3.63, 3.8) is 0 Å². The first-order valence-corrected chi connectivity index (χ1v) is 9.07. The number of carboxylic acid groups (broad SMARTS) is 1. The smallest absolute Gasteiger partial charge is 0.307 e. The lowest BCUT2D eigenvalue weighted by Crippen LogP contribution is -2.42. The van der Waals surface area contributed by atoms with Crippen LogP contribution in [0.4, 0.5) is 5.69 Å². The van der Waals surface area contributed by atoms with Crippen molar-refractivity contribution >= 4 is 27.6 Å². The molecule has 0 unspecified atom stereocenters. The van der Waals surface area contributed by atoms with Gasteiger partial charge in [0, 0.05) is 13.1 Å². The number of carbonyl (C=O) groups excluding carboxylic acids is 1. The number of hydrogen-bond acceptors (Lipinski definition) is 5. The fourth-order valence-electron chi connectivity index (χ4n) is 2.86. The van der Waals surface area contributed by atoms with E-state index >= 15 is 0 Å². The first-order chi connectivity index (χ1) is 11.3. The number of benzene rings is 1. The monoisotopic (exact) mass is 354 g/mol. The third kappa shape index (κ3) is 2.96. The lowest BCUT2D eigenvalue weighted by atomic mass is 10.0. The number of aliphatic carboxylic acids is 1. The SMILES string of the molecule is C[C@@H]1Oc2ccc(S(=O)(=O)N3CCC[C@@H](C(=O)O)C3)cc2NC1=O.